The molecule has 0 aliphatic heterocycles. The number of allylic oxidation sites excluding steroid dienone is 23. The Balaban J connectivity index is 4.50. The maximum atomic E-state index is 12.8. The SMILES string of the molecule is CC/C=C\C/C=C\C/C=C\C/C=C\C/C=C\CCCCCC(=O)OCC(COCC/C=C\C/C=C\C/C=C\C/C=C\C/C=C\CC)OC(=O)CCCCCCC/C=C\C/C=C\CCCCC. The molecule has 0 aromatic heterocycles. The van der Waals surface area contributed by atoms with Gasteiger partial charge in [0.2, 0.25) is 0 Å². The topological polar surface area (TPSA) is 61.8 Å². The summed E-state index contributed by atoms with van der Waals surface area (Å²) < 4.78 is 17.3. The van der Waals surface area contributed by atoms with Gasteiger partial charge >= 0.3 is 11.9 Å². The molecule has 0 aromatic carbocycles. The first-order valence-corrected chi connectivity index (χ1v) is 26.4. The molecule has 0 heterocycles. The second kappa shape index (κ2) is 55.1. The third-order valence-electron chi connectivity index (χ3n) is 10.4. The Morgan fingerprint density at radius 2 is 0.682 bits per heavy atom. The molecule has 0 rings (SSSR count). The molecule has 0 aliphatic carbocycles. The predicted molar refractivity (Wildman–Crippen MR) is 288 cm³/mol. The summed E-state index contributed by atoms with van der Waals surface area (Å²) in [6, 6.07) is 0. The average molecular weight is 909 g/mol. The van der Waals surface area contributed by atoms with E-state index in [0.29, 0.717) is 19.4 Å². The standard InChI is InChI=1S/C61H96O5/c1-4-7-10-13-16-19-22-25-28-30-31-32-34-36-39-42-45-48-51-54-60(62)65-58-59(57-64-56-53-50-47-44-41-38-35-29-26-23-20-17-14-11-8-5-2)66-61(63)55-52-49-46-43-40-37-33-27-24-21-18-15-12-9-6-3/h7-8,10-11,16-21,25-29,31-33,36,38-39,41,47,50,59H,4-6,9,12-15,22-24,30,34-35,37,40,42-46,48-49,51-58H2,1-3H3/b10-7-,11-8-,19-16-,20-17-,21-18-,28-25-,29-26-,32-31-,33-27-,39-36-,41-38-,50-47-. The lowest BCUT2D eigenvalue weighted by molar-refractivity contribution is -0.162. The molecule has 0 radical (unpaired) electrons. The van der Waals surface area contributed by atoms with Crippen molar-refractivity contribution in [1.82, 2.24) is 0 Å². The molecular formula is C61H96O5. The summed E-state index contributed by atoms with van der Waals surface area (Å²) in [5.41, 5.74) is 0. The third kappa shape index (κ3) is 52.4. The van der Waals surface area contributed by atoms with E-state index in [1.54, 1.807) is 0 Å². The minimum Gasteiger partial charge on any atom is -0.462 e. The van der Waals surface area contributed by atoms with Gasteiger partial charge in [0.1, 0.15) is 6.61 Å². The maximum absolute atomic E-state index is 12.8. The summed E-state index contributed by atoms with van der Waals surface area (Å²) in [6.07, 6.45) is 80.2. The van der Waals surface area contributed by atoms with Gasteiger partial charge in [-0.05, 0) is 128 Å². The minimum absolute atomic E-state index is 0.0223. The zero-order chi connectivity index (χ0) is 47.7. The molecule has 0 bridgehead atoms. The number of hydrogen-bond donors (Lipinski definition) is 0. The van der Waals surface area contributed by atoms with Gasteiger partial charge in [-0.3, -0.25) is 9.59 Å². The van der Waals surface area contributed by atoms with Crippen molar-refractivity contribution in [3.8, 4) is 0 Å². The molecule has 370 valence electrons. The molecule has 1 atom stereocenters. The third-order valence-corrected chi connectivity index (χ3v) is 10.4. The van der Waals surface area contributed by atoms with Gasteiger partial charge in [0, 0.05) is 12.8 Å². The first-order valence-electron chi connectivity index (χ1n) is 26.4. The highest BCUT2D eigenvalue weighted by Crippen LogP contribution is 2.11. The highest BCUT2D eigenvalue weighted by Gasteiger charge is 2.17. The Bertz CT molecular complexity index is 1450. The summed E-state index contributed by atoms with van der Waals surface area (Å²) in [4.78, 5) is 25.4. The Hall–Kier alpha value is -4.22. The Morgan fingerprint density at radius 3 is 1.11 bits per heavy atom. The van der Waals surface area contributed by atoms with E-state index in [4.69, 9.17) is 14.2 Å². The zero-order valence-corrected chi connectivity index (χ0v) is 42.4. The van der Waals surface area contributed by atoms with Crippen molar-refractivity contribution in [1.29, 1.82) is 0 Å². The van der Waals surface area contributed by atoms with E-state index < -0.39 is 6.10 Å². The molecule has 66 heavy (non-hydrogen) atoms. The quantitative estimate of drug-likeness (QED) is 0.0346. The van der Waals surface area contributed by atoms with Crippen LogP contribution >= 0.6 is 0 Å². The molecular weight excluding hydrogens is 813 g/mol. The van der Waals surface area contributed by atoms with Crippen LogP contribution in [-0.4, -0.2) is 37.9 Å². The number of hydrogen-bond acceptors (Lipinski definition) is 5. The zero-order valence-electron chi connectivity index (χ0n) is 42.4. The van der Waals surface area contributed by atoms with Crippen molar-refractivity contribution in [2.24, 2.45) is 0 Å². The fourth-order valence-electron chi connectivity index (χ4n) is 6.51. The molecule has 1 unspecified atom stereocenters. The van der Waals surface area contributed by atoms with Crippen LogP contribution in [0.3, 0.4) is 0 Å². The fourth-order valence-corrected chi connectivity index (χ4v) is 6.51. The molecule has 0 N–H and O–H groups in total. The first kappa shape index (κ1) is 61.8. The van der Waals surface area contributed by atoms with Gasteiger partial charge in [-0.2, -0.15) is 0 Å². The van der Waals surface area contributed by atoms with Crippen LogP contribution in [0, 0.1) is 0 Å². The van der Waals surface area contributed by atoms with Gasteiger partial charge in [-0.15, -0.1) is 0 Å². The number of carbonyl (C=O) groups is 2. The number of carbonyl (C=O) groups excluding carboxylic acids is 2. The summed E-state index contributed by atoms with van der Waals surface area (Å²) in [5.74, 6) is -0.503. The molecule has 0 amide bonds. The van der Waals surface area contributed by atoms with Gasteiger partial charge in [0.05, 0.1) is 13.2 Å². The highest BCUT2D eigenvalue weighted by molar-refractivity contribution is 5.70. The molecule has 0 aromatic rings. The van der Waals surface area contributed by atoms with Crippen LogP contribution in [0.25, 0.3) is 0 Å². The largest absolute Gasteiger partial charge is 0.462 e. The van der Waals surface area contributed by atoms with Gasteiger partial charge < -0.3 is 14.2 Å². The van der Waals surface area contributed by atoms with Crippen LogP contribution in [0.1, 0.15) is 201 Å². The number of ether oxygens (including phenoxy) is 3. The minimum atomic E-state index is -0.608. The smallest absolute Gasteiger partial charge is 0.306 e. The van der Waals surface area contributed by atoms with E-state index in [2.05, 4.69) is 167 Å². The van der Waals surface area contributed by atoms with Crippen molar-refractivity contribution < 1.29 is 23.8 Å². The summed E-state index contributed by atoms with van der Waals surface area (Å²) >= 11 is 0. The monoisotopic (exact) mass is 909 g/mol. The number of esters is 2. The molecule has 5 heteroatoms. The Kier molecular flexibility index (Phi) is 51.6. The van der Waals surface area contributed by atoms with Gasteiger partial charge in [-0.1, -0.05) is 205 Å². The second-order valence-electron chi connectivity index (χ2n) is 16.7. The molecule has 0 aliphatic rings. The van der Waals surface area contributed by atoms with E-state index in [0.717, 1.165) is 128 Å². The molecule has 0 fully saturated rings. The Morgan fingerprint density at radius 1 is 0.348 bits per heavy atom. The van der Waals surface area contributed by atoms with Crippen LogP contribution in [0.2, 0.25) is 0 Å². The van der Waals surface area contributed by atoms with Crippen molar-refractivity contribution in [3.63, 3.8) is 0 Å². The summed E-state index contributed by atoms with van der Waals surface area (Å²) in [6.45, 7) is 7.29. The van der Waals surface area contributed by atoms with Crippen LogP contribution in [0.15, 0.2) is 146 Å². The fraction of sp³-hybridized carbons (Fsp3) is 0.574. The number of unbranched alkanes of at least 4 members (excludes halogenated alkanes) is 11. The van der Waals surface area contributed by atoms with E-state index in [1.165, 1.54) is 38.5 Å². The van der Waals surface area contributed by atoms with Gasteiger partial charge in [0.25, 0.3) is 0 Å². The lowest BCUT2D eigenvalue weighted by Gasteiger charge is -2.18. The van der Waals surface area contributed by atoms with Crippen LogP contribution in [0.5, 0.6) is 0 Å². The second-order valence-corrected chi connectivity index (χ2v) is 16.7. The number of rotatable bonds is 46. The van der Waals surface area contributed by atoms with Crippen molar-refractivity contribution in [2.45, 2.75) is 207 Å². The van der Waals surface area contributed by atoms with E-state index >= 15 is 0 Å². The lowest BCUT2D eigenvalue weighted by atomic mass is 10.1. The van der Waals surface area contributed by atoms with Crippen LogP contribution in [0.4, 0.5) is 0 Å². The summed E-state index contributed by atoms with van der Waals surface area (Å²) in [7, 11) is 0. The average Bonchev–Trinajstić information content (AvgIpc) is 3.32. The van der Waals surface area contributed by atoms with Crippen LogP contribution < -0.4 is 0 Å². The first-order chi connectivity index (χ1) is 32.6. The van der Waals surface area contributed by atoms with Crippen LogP contribution in [-0.2, 0) is 23.8 Å². The molecule has 5 nitrogen and oxygen atoms in total. The van der Waals surface area contributed by atoms with E-state index in [-0.39, 0.29) is 25.2 Å². The van der Waals surface area contributed by atoms with Gasteiger partial charge in [0.15, 0.2) is 6.10 Å². The highest BCUT2D eigenvalue weighted by atomic mass is 16.6. The van der Waals surface area contributed by atoms with Crippen molar-refractivity contribution >= 4 is 11.9 Å². The van der Waals surface area contributed by atoms with Crippen molar-refractivity contribution in [2.75, 3.05) is 19.8 Å². The van der Waals surface area contributed by atoms with E-state index in [1.807, 2.05) is 0 Å². The van der Waals surface area contributed by atoms with Crippen molar-refractivity contribution in [3.05, 3.63) is 146 Å². The maximum Gasteiger partial charge on any atom is 0.306 e. The summed E-state index contributed by atoms with van der Waals surface area (Å²) in [5, 5.41) is 0. The van der Waals surface area contributed by atoms with E-state index in [9.17, 15) is 9.59 Å². The predicted octanol–water partition coefficient (Wildman–Crippen LogP) is 18.1. The van der Waals surface area contributed by atoms with Gasteiger partial charge in [-0.25, -0.2) is 0 Å². The molecule has 0 saturated carbocycles. The normalized spacial score (nSPS) is 13.4. The lowest BCUT2D eigenvalue weighted by Crippen LogP contribution is -2.30. The molecule has 0 saturated heterocycles. The molecule has 0 spiro atoms. The Labute approximate surface area is 406 Å².